The number of fused-ring (bicyclic) bond motifs is 2. The van der Waals surface area contributed by atoms with Crippen molar-refractivity contribution in [1.29, 1.82) is 0 Å². The molecule has 0 radical (unpaired) electrons. The molecule has 59 heavy (non-hydrogen) atoms. The van der Waals surface area contributed by atoms with Gasteiger partial charge in [-0.1, -0.05) is 12.1 Å². The minimum Gasteiger partial charge on any atom is -0.406 e. The number of nitrogens with zero attached hydrogens (tertiary/aromatic N) is 2. The zero-order valence-electron chi connectivity index (χ0n) is 32.6. The number of carbonyl (C=O) groups is 2. The van der Waals surface area contributed by atoms with Crippen molar-refractivity contribution < 1.29 is 66.1 Å². The van der Waals surface area contributed by atoms with Crippen molar-refractivity contribution in [3.8, 4) is 17.0 Å². The normalized spacial score (nSPS) is 19.8. The van der Waals surface area contributed by atoms with Crippen LogP contribution in [0.15, 0.2) is 60.9 Å². The highest BCUT2D eigenvalue weighted by atomic mass is 19.4. The number of anilines is 2. The Hall–Kier alpha value is -4.47. The number of nitrogens with one attached hydrogen (secondary N) is 3. The van der Waals surface area contributed by atoms with E-state index in [2.05, 4.69) is 30.7 Å². The Bertz CT molecular complexity index is 1720. The fraction of sp³-hybridized carbons (Fsp3) is 0.550. The van der Waals surface area contributed by atoms with Crippen molar-refractivity contribution in [2.24, 2.45) is 17.8 Å². The van der Waals surface area contributed by atoms with Crippen LogP contribution in [-0.4, -0.2) is 143 Å². The molecule has 3 aromatic rings. The van der Waals surface area contributed by atoms with E-state index in [0.717, 1.165) is 0 Å². The van der Waals surface area contributed by atoms with E-state index in [-0.39, 0.29) is 35.3 Å². The molecule has 2 saturated carbocycles. The lowest BCUT2D eigenvalue weighted by atomic mass is 9.84. The van der Waals surface area contributed by atoms with E-state index in [9.17, 15) is 33.0 Å². The predicted molar refractivity (Wildman–Crippen MR) is 206 cm³/mol. The second kappa shape index (κ2) is 24.0. The fourth-order valence-corrected chi connectivity index (χ4v) is 6.81. The first-order valence-electron chi connectivity index (χ1n) is 19.5. The van der Waals surface area contributed by atoms with Crippen LogP contribution in [0.5, 0.6) is 5.75 Å². The summed E-state index contributed by atoms with van der Waals surface area (Å²) in [6, 6.07) is 13.8. The molecule has 0 spiro atoms. The molecule has 5 rings (SSSR count). The minimum atomic E-state index is -4.77. The summed E-state index contributed by atoms with van der Waals surface area (Å²) in [5.74, 6) is -0.692. The van der Waals surface area contributed by atoms with Crippen LogP contribution in [0.1, 0.15) is 23.2 Å². The molecule has 0 aliphatic heterocycles. The van der Waals surface area contributed by atoms with Crippen LogP contribution in [0.4, 0.5) is 24.7 Å². The summed E-state index contributed by atoms with van der Waals surface area (Å²) in [4.78, 5) is 33.6. The molecule has 16 nitrogen and oxygen atoms in total. The third kappa shape index (κ3) is 15.6. The first kappa shape index (κ1) is 45.6. The van der Waals surface area contributed by atoms with Crippen molar-refractivity contribution in [2.45, 2.75) is 31.4 Å². The first-order valence-corrected chi connectivity index (χ1v) is 19.5. The topological polar surface area (TPSA) is 201 Å². The van der Waals surface area contributed by atoms with Crippen LogP contribution in [-0.2, 0) is 33.2 Å². The van der Waals surface area contributed by atoms with Crippen molar-refractivity contribution in [3.63, 3.8) is 0 Å². The van der Waals surface area contributed by atoms with Crippen LogP contribution in [0.2, 0.25) is 0 Å². The maximum absolute atomic E-state index is 12.8. The average molecular weight is 836 g/mol. The summed E-state index contributed by atoms with van der Waals surface area (Å²) >= 11 is 0. The number of alkyl halides is 3. The van der Waals surface area contributed by atoms with Crippen molar-refractivity contribution in [2.75, 3.05) is 97.7 Å². The Kier molecular flexibility index (Phi) is 18.5. The molecular weight excluding hydrogens is 783 g/mol. The number of amides is 2. The van der Waals surface area contributed by atoms with E-state index in [0.29, 0.717) is 134 Å². The third-order valence-corrected chi connectivity index (χ3v) is 9.64. The number of hydrogen-bond donors (Lipinski definition) is 5. The van der Waals surface area contributed by atoms with Gasteiger partial charge in [0.25, 0.3) is 5.91 Å². The Morgan fingerprint density at radius 3 is 1.83 bits per heavy atom. The number of carbonyl (C=O) groups excluding carboxylic acids is 2. The van der Waals surface area contributed by atoms with Gasteiger partial charge in [-0.2, -0.15) is 0 Å². The molecule has 2 amide bonds. The van der Waals surface area contributed by atoms with Gasteiger partial charge < -0.3 is 59.3 Å². The number of ether oxygens (including phenoxy) is 7. The first-order chi connectivity index (χ1) is 28.6. The van der Waals surface area contributed by atoms with E-state index in [1.807, 2.05) is 0 Å². The SMILES string of the molecule is O=C(NCCOCCOCCOCCOCCOCCOCCNC(=O)[C@H]1C[C@@H]2C[C@H]1[C@@H](O)[C@H]2O)c1cccc(-c2cc(Nc3ccc(OC(F)(F)F)cc3)ncn2)c1. The Balaban J connectivity index is 0.795. The molecule has 19 heteroatoms. The van der Waals surface area contributed by atoms with Crippen LogP contribution >= 0.6 is 0 Å². The summed E-state index contributed by atoms with van der Waals surface area (Å²) in [6.45, 7) is 5.34. The Labute approximate surface area is 340 Å². The van der Waals surface area contributed by atoms with Gasteiger partial charge in [-0.05, 0) is 61.1 Å². The van der Waals surface area contributed by atoms with Gasteiger partial charge in [0.2, 0.25) is 5.91 Å². The number of hydrogen-bond acceptors (Lipinski definition) is 14. The van der Waals surface area contributed by atoms with Crippen LogP contribution in [0.25, 0.3) is 11.3 Å². The Morgan fingerprint density at radius 1 is 0.695 bits per heavy atom. The Morgan fingerprint density at radius 2 is 1.27 bits per heavy atom. The van der Waals surface area contributed by atoms with Gasteiger partial charge in [0.1, 0.15) is 17.9 Å². The zero-order valence-corrected chi connectivity index (χ0v) is 32.6. The summed E-state index contributed by atoms with van der Waals surface area (Å²) < 4.78 is 74.2. The van der Waals surface area contributed by atoms with E-state index in [4.69, 9.17) is 28.4 Å². The van der Waals surface area contributed by atoms with Crippen LogP contribution in [0, 0.1) is 17.8 Å². The molecule has 2 bridgehead atoms. The number of aromatic nitrogens is 2. The number of aliphatic hydroxyl groups excluding tert-OH is 2. The number of aliphatic hydroxyl groups is 2. The second-order valence-corrected chi connectivity index (χ2v) is 13.8. The molecule has 2 aliphatic carbocycles. The zero-order chi connectivity index (χ0) is 41.9. The second-order valence-electron chi connectivity index (χ2n) is 13.8. The van der Waals surface area contributed by atoms with Crippen molar-refractivity contribution in [1.82, 2.24) is 20.6 Å². The molecule has 5 atom stereocenters. The number of halogens is 3. The highest BCUT2D eigenvalue weighted by Gasteiger charge is 2.53. The molecule has 0 saturated heterocycles. The molecule has 2 fully saturated rings. The molecular formula is C40H52F3N5O11. The van der Waals surface area contributed by atoms with E-state index in [1.54, 1.807) is 30.3 Å². The molecule has 2 aliphatic rings. The molecule has 324 valence electrons. The fourth-order valence-electron chi connectivity index (χ4n) is 6.81. The van der Waals surface area contributed by atoms with E-state index in [1.165, 1.54) is 30.6 Å². The van der Waals surface area contributed by atoms with E-state index >= 15 is 0 Å². The standard InChI is InChI=1S/C40H52F3N5O11/c41-40(42,43)59-31-6-4-30(5-7-31)48-35-25-34(46-26-47-35)27-2-1-3-28(22-27)38(51)44-8-10-53-12-14-55-16-18-57-20-21-58-19-17-56-15-13-54-11-9-45-39(52)33-24-29-23-32(33)37(50)36(29)49/h1-7,22,25-26,29,32-33,36-37,49-50H,8-21,23-24H2,(H,44,51)(H,45,52)(H,46,47,48)/t29-,32+,33-,36-,37+/m0/s1. The predicted octanol–water partition coefficient (Wildman–Crippen LogP) is 3.11. The summed E-state index contributed by atoms with van der Waals surface area (Å²) in [6.07, 6.45) is -3.62. The van der Waals surface area contributed by atoms with Gasteiger partial charge in [-0.25, -0.2) is 9.97 Å². The maximum Gasteiger partial charge on any atom is 0.573 e. The smallest absolute Gasteiger partial charge is 0.406 e. The molecule has 0 unspecified atom stereocenters. The number of rotatable bonds is 27. The summed E-state index contributed by atoms with van der Waals surface area (Å²) in [5, 5.41) is 28.6. The lowest BCUT2D eigenvalue weighted by Crippen LogP contribution is -2.43. The van der Waals surface area contributed by atoms with Crippen LogP contribution < -0.4 is 20.7 Å². The maximum atomic E-state index is 12.8. The summed E-state index contributed by atoms with van der Waals surface area (Å²) in [7, 11) is 0. The van der Waals surface area contributed by atoms with Crippen molar-refractivity contribution >= 4 is 23.3 Å². The average Bonchev–Trinajstić information content (AvgIpc) is 3.79. The minimum absolute atomic E-state index is 0.0133. The van der Waals surface area contributed by atoms with Crippen LogP contribution in [0.3, 0.4) is 0 Å². The monoisotopic (exact) mass is 835 g/mol. The molecule has 1 heterocycles. The molecule has 2 aromatic carbocycles. The van der Waals surface area contributed by atoms with Gasteiger partial charge in [-0.3, -0.25) is 9.59 Å². The molecule has 5 N–H and O–H groups in total. The van der Waals surface area contributed by atoms with Gasteiger partial charge in [0, 0.05) is 41.9 Å². The highest BCUT2D eigenvalue weighted by molar-refractivity contribution is 5.95. The summed E-state index contributed by atoms with van der Waals surface area (Å²) in [5.41, 5.74) is 2.12. The van der Waals surface area contributed by atoms with Crippen molar-refractivity contribution in [3.05, 3.63) is 66.5 Å². The highest BCUT2D eigenvalue weighted by Crippen LogP contribution is 2.48. The van der Waals surface area contributed by atoms with Gasteiger partial charge in [-0.15, -0.1) is 13.2 Å². The lowest BCUT2D eigenvalue weighted by molar-refractivity contribution is -0.274. The lowest BCUT2D eigenvalue weighted by Gasteiger charge is -2.28. The van der Waals surface area contributed by atoms with E-state index < -0.39 is 18.6 Å². The van der Waals surface area contributed by atoms with Gasteiger partial charge >= 0.3 is 6.36 Å². The van der Waals surface area contributed by atoms with Gasteiger partial charge in [0.05, 0.1) is 97.2 Å². The molecule has 1 aromatic heterocycles. The van der Waals surface area contributed by atoms with Gasteiger partial charge in [0.15, 0.2) is 0 Å². The number of benzene rings is 2. The third-order valence-electron chi connectivity index (χ3n) is 9.64. The quantitative estimate of drug-likeness (QED) is 0.0702. The largest absolute Gasteiger partial charge is 0.573 e.